The van der Waals surface area contributed by atoms with Gasteiger partial charge in [0.05, 0.1) is 5.04 Å². The van der Waals surface area contributed by atoms with Crippen molar-refractivity contribution in [2.24, 2.45) is 5.73 Å². The number of hydrogen-bond acceptors (Lipinski definition) is 3. The second-order valence-corrected chi connectivity index (χ2v) is 3.50. The molecule has 5 heteroatoms. The molecule has 10 heavy (non-hydrogen) atoms. The number of nitrogens with two attached hydrogens (primary N) is 1. The molecule has 0 aromatic rings. The van der Waals surface area contributed by atoms with Gasteiger partial charge in [0.1, 0.15) is 5.38 Å². The van der Waals surface area contributed by atoms with E-state index in [0.717, 1.165) is 0 Å². The second-order valence-electron chi connectivity index (χ2n) is 1.74. The van der Waals surface area contributed by atoms with Crippen molar-refractivity contribution in [3.63, 3.8) is 0 Å². The molecule has 3 N–H and O–H groups in total. The molecule has 0 heterocycles. The van der Waals surface area contributed by atoms with Crippen LogP contribution in [0.5, 0.6) is 0 Å². The molecule has 0 rings (SSSR count). The molecule has 0 bridgehead atoms. The van der Waals surface area contributed by atoms with Gasteiger partial charge in [-0.15, -0.1) is 23.4 Å². The fourth-order valence-corrected chi connectivity index (χ4v) is 1.03. The van der Waals surface area contributed by atoms with Gasteiger partial charge < -0.3 is 5.73 Å². The Morgan fingerprint density at radius 1 is 1.90 bits per heavy atom. The number of alkyl halides is 1. The van der Waals surface area contributed by atoms with Crippen molar-refractivity contribution in [3.8, 4) is 0 Å². The molecule has 0 aliphatic rings. The number of rotatable bonds is 3. The van der Waals surface area contributed by atoms with Gasteiger partial charge in [-0.05, 0) is 6.92 Å². The molecule has 0 saturated carbocycles. The van der Waals surface area contributed by atoms with E-state index < -0.39 is 11.3 Å². The minimum absolute atomic E-state index is 0.381. The molecule has 1 unspecified atom stereocenters. The zero-order valence-electron chi connectivity index (χ0n) is 5.56. The molecule has 1 amide bonds. The van der Waals surface area contributed by atoms with Gasteiger partial charge in [-0.1, -0.05) is 0 Å². The van der Waals surface area contributed by atoms with Gasteiger partial charge in [-0.25, -0.2) is 0 Å². The number of thioether (sulfide) groups is 1. The van der Waals surface area contributed by atoms with E-state index in [4.69, 9.17) is 22.7 Å². The molecular formula is C5H9ClN2OS. The van der Waals surface area contributed by atoms with Gasteiger partial charge in [0, 0.05) is 5.75 Å². The highest BCUT2D eigenvalue weighted by molar-refractivity contribution is 8.13. The van der Waals surface area contributed by atoms with Crippen LogP contribution in [0.3, 0.4) is 0 Å². The topological polar surface area (TPSA) is 66.9 Å². The fourth-order valence-electron chi connectivity index (χ4n) is 0.280. The highest BCUT2D eigenvalue weighted by atomic mass is 35.5. The van der Waals surface area contributed by atoms with E-state index >= 15 is 0 Å². The van der Waals surface area contributed by atoms with Crippen LogP contribution in [-0.2, 0) is 4.79 Å². The molecule has 0 saturated heterocycles. The molecule has 0 aromatic carbocycles. The molecule has 1 atom stereocenters. The number of primary amides is 1. The molecule has 0 fully saturated rings. The number of amides is 1. The first-order chi connectivity index (χ1) is 4.54. The lowest BCUT2D eigenvalue weighted by molar-refractivity contribution is -0.117. The van der Waals surface area contributed by atoms with Crippen LogP contribution < -0.4 is 5.73 Å². The van der Waals surface area contributed by atoms with Gasteiger partial charge >= 0.3 is 0 Å². The number of carbonyl (C=O) groups excluding carboxylic acids is 1. The molecule has 0 spiro atoms. The minimum Gasteiger partial charge on any atom is -0.368 e. The van der Waals surface area contributed by atoms with E-state index in [1.165, 1.54) is 11.8 Å². The smallest absolute Gasteiger partial charge is 0.236 e. The fraction of sp³-hybridized carbons (Fsp3) is 0.600. The Bertz CT molecular complexity index is 151. The molecule has 0 radical (unpaired) electrons. The van der Waals surface area contributed by atoms with Crippen molar-refractivity contribution in [2.45, 2.75) is 12.3 Å². The van der Waals surface area contributed by atoms with Crippen molar-refractivity contribution in [3.05, 3.63) is 0 Å². The second kappa shape index (κ2) is 4.57. The van der Waals surface area contributed by atoms with Crippen LogP contribution in [0.15, 0.2) is 0 Å². The van der Waals surface area contributed by atoms with Crippen LogP contribution in [0.25, 0.3) is 0 Å². The van der Waals surface area contributed by atoms with E-state index in [1.807, 2.05) is 0 Å². The van der Waals surface area contributed by atoms with Crippen molar-refractivity contribution >= 4 is 34.3 Å². The normalized spacial score (nSPS) is 12.6. The lowest BCUT2D eigenvalue weighted by atomic mass is 10.5. The maximum Gasteiger partial charge on any atom is 0.236 e. The monoisotopic (exact) mass is 180 g/mol. The summed E-state index contributed by atoms with van der Waals surface area (Å²) >= 11 is 6.69. The van der Waals surface area contributed by atoms with Crippen molar-refractivity contribution in [1.29, 1.82) is 5.41 Å². The summed E-state index contributed by atoms with van der Waals surface area (Å²) in [6, 6.07) is 0. The van der Waals surface area contributed by atoms with Crippen LogP contribution in [-0.4, -0.2) is 22.1 Å². The highest BCUT2D eigenvalue weighted by Crippen LogP contribution is 2.07. The number of carbonyl (C=O) groups is 1. The average molecular weight is 181 g/mol. The molecule has 0 aromatic heterocycles. The van der Waals surface area contributed by atoms with Gasteiger partial charge in [-0.2, -0.15) is 0 Å². The van der Waals surface area contributed by atoms with E-state index in [0.29, 0.717) is 10.8 Å². The standard InChI is InChI=1S/C5H9ClN2OS/c1-3(7)10-2-4(6)5(8)9/h4,7H,2H2,1H3,(H2,8,9). The third kappa shape index (κ3) is 4.64. The molecular weight excluding hydrogens is 172 g/mol. The summed E-state index contributed by atoms with van der Waals surface area (Å²) < 4.78 is 0. The van der Waals surface area contributed by atoms with E-state index in [1.54, 1.807) is 6.92 Å². The Balaban J connectivity index is 3.49. The van der Waals surface area contributed by atoms with E-state index in [-0.39, 0.29) is 0 Å². The Morgan fingerprint density at radius 3 is 2.70 bits per heavy atom. The third-order valence-electron chi connectivity index (χ3n) is 0.755. The number of halogens is 1. The number of nitrogens with one attached hydrogen (secondary N) is 1. The summed E-state index contributed by atoms with van der Waals surface area (Å²) in [6.07, 6.45) is 0. The number of hydrogen-bond donors (Lipinski definition) is 2. The third-order valence-corrected chi connectivity index (χ3v) is 2.24. The van der Waals surface area contributed by atoms with Gasteiger partial charge in [0.2, 0.25) is 5.91 Å². The summed E-state index contributed by atoms with van der Waals surface area (Å²) in [4.78, 5) is 10.3. The Kier molecular flexibility index (Phi) is 4.47. The summed E-state index contributed by atoms with van der Waals surface area (Å²) in [5, 5.41) is 6.76. The Labute approximate surface area is 68.8 Å². The first kappa shape index (κ1) is 9.78. The van der Waals surface area contributed by atoms with Crippen LogP contribution in [0.4, 0.5) is 0 Å². The molecule has 3 nitrogen and oxygen atoms in total. The summed E-state index contributed by atoms with van der Waals surface area (Å²) in [5.41, 5.74) is 4.87. The first-order valence-corrected chi connectivity index (χ1v) is 4.07. The van der Waals surface area contributed by atoms with Crippen molar-refractivity contribution < 1.29 is 4.79 Å². The summed E-state index contributed by atoms with van der Waals surface area (Å²) in [7, 11) is 0. The lowest BCUT2D eigenvalue weighted by Gasteiger charge is -2.01. The van der Waals surface area contributed by atoms with Crippen LogP contribution in [0, 0.1) is 5.41 Å². The lowest BCUT2D eigenvalue weighted by Crippen LogP contribution is -2.25. The quantitative estimate of drug-likeness (QED) is 0.384. The SMILES string of the molecule is CC(=N)SCC(Cl)C(N)=O. The van der Waals surface area contributed by atoms with Gasteiger partial charge in [0.25, 0.3) is 0 Å². The zero-order chi connectivity index (χ0) is 8.15. The molecule has 0 aliphatic heterocycles. The maximum absolute atomic E-state index is 10.3. The van der Waals surface area contributed by atoms with Crippen molar-refractivity contribution in [2.75, 3.05) is 5.75 Å². The van der Waals surface area contributed by atoms with Crippen LogP contribution >= 0.6 is 23.4 Å². The summed E-state index contributed by atoms with van der Waals surface area (Å²) in [5.74, 6) is -0.151. The predicted molar refractivity (Wildman–Crippen MR) is 44.7 cm³/mol. The molecule has 0 aliphatic carbocycles. The predicted octanol–water partition coefficient (Wildman–Crippen LogP) is 0.809. The van der Waals surface area contributed by atoms with Gasteiger partial charge in [0.15, 0.2) is 0 Å². The average Bonchev–Trinajstić information content (AvgIpc) is 1.82. The van der Waals surface area contributed by atoms with Crippen LogP contribution in [0.2, 0.25) is 0 Å². The Morgan fingerprint density at radius 2 is 2.40 bits per heavy atom. The summed E-state index contributed by atoms with van der Waals surface area (Å²) in [6.45, 7) is 1.63. The van der Waals surface area contributed by atoms with Gasteiger partial charge in [-0.3, -0.25) is 10.2 Å². The van der Waals surface area contributed by atoms with Crippen molar-refractivity contribution in [1.82, 2.24) is 0 Å². The Hall–Kier alpha value is -0.220. The minimum atomic E-state index is -0.662. The van der Waals surface area contributed by atoms with E-state index in [9.17, 15) is 4.79 Å². The maximum atomic E-state index is 10.3. The molecule has 58 valence electrons. The van der Waals surface area contributed by atoms with E-state index in [2.05, 4.69) is 0 Å². The van der Waals surface area contributed by atoms with Crippen LogP contribution in [0.1, 0.15) is 6.92 Å². The zero-order valence-corrected chi connectivity index (χ0v) is 7.13. The largest absolute Gasteiger partial charge is 0.368 e. The first-order valence-electron chi connectivity index (χ1n) is 2.65. The highest BCUT2D eigenvalue weighted by Gasteiger charge is 2.10.